The number of nitrogens with zero attached hydrogens (tertiary/aromatic N) is 2. The first kappa shape index (κ1) is 12.4. The van der Waals surface area contributed by atoms with Gasteiger partial charge in [0.05, 0.1) is 30.8 Å². The monoisotopic (exact) mass is 243 g/mol. The van der Waals surface area contributed by atoms with Crippen molar-refractivity contribution in [2.75, 3.05) is 19.5 Å². The Labute approximate surface area is 107 Å². The summed E-state index contributed by atoms with van der Waals surface area (Å²) in [5, 5.41) is 3.00. The Morgan fingerprint density at radius 3 is 2.50 bits per heavy atom. The molecule has 4 nitrogen and oxygen atoms in total. The smallest absolute Gasteiger partial charge is 0.163 e. The minimum atomic E-state index is 0.682. The van der Waals surface area contributed by atoms with E-state index in [1.807, 2.05) is 13.1 Å². The maximum Gasteiger partial charge on any atom is 0.163 e. The van der Waals surface area contributed by atoms with Gasteiger partial charge in [-0.1, -0.05) is 13.0 Å². The molecule has 0 fully saturated rings. The lowest BCUT2D eigenvalue weighted by atomic mass is 10.1. The third kappa shape index (κ3) is 2.42. The van der Waals surface area contributed by atoms with Crippen LogP contribution in [0, 0.1) is 0 Å². The molecule has 1 N–H and O–H groups in total. The molecule has 2 aromatic rings. The maximum absolute atomic E-state index is 5.36. The predicted octanol–water partition coefficient (Wildman–Crippen LogP) is 2.76. The lowest BCUT2D eigenvalue weighted by molar-refractivity contribution is 0.416. The molecule has 0 radical (unpaired) electrons. The van der Waals surface area contributed by atoms with E-state index in [0.29, 0.717) is 5.82 Å². The Morgan fingerprint density at radius 1 is 1.22 bits per heavy atom. The summed E-state index contributed by atoms with van der Waals surface area (Å²) in [4.78, 5) is 8.70. The highest BCUT2D eigenvalue weighted by molar-refractivity contribution is 5.65. The fourth-order valence-corrected chi connectivity index (χ4v) is 1.75. The molecule has 2 rings (SSSR count). The summed E-state index contributed by atoms with van der Waals surface area (Å²) >= 11 is 0. The van der Waals surface area contributed by atoms with Crippen molar-refractivity contribution in [2.45, 2.75) is 13.3 Å². The molecule has 1 heterocycles. The number of ether oxygens (including phenoxy) is 1. The summed E-state index contributed by atoms with van der Waals surface area (Å²) in [5.41, 5.74) is 3.07. The fourth-order valence-electron chi connectivity index (χ4n) is 1.75. The molecule has 18 heavy (non-hydrogen) atoms. The van der Waals surface area contributed by atoms with Crippen LogP contribution in [0.15, 0.2) is 30.6 Å². The molecule has 0 spiro atoms. The first-order valence-electron chi connectivity index (χ1n) is 5.95. The maximum atomic E-state index is 5.36. The highest BCUT2D eigenvalue weighted by Crippen LogP contribution is 2.28. The van der Waals surface area contributed by atoms with E-state index in [1.165, 1.54) is 5.56 Å². The molecule has 1 aromatic heterocycles. The van der Waals surface area contributed by atoms with E-state index < -0.39 is 0 Å². The molecule has 0 bridgehead atoms. The van der Waals surface area contributed by atoms with Crippen molar-refractivity contribution in [3.63, 3.8) is 0 Å². The van der Waals surface area contributed by atoms with Crippen molar-refractivity contribution in [2.24, 2.45) is 0 Å². The first-order chi connectivity index (χ1) is 8.78. The Bertz CT molecular complexity index is 523. The number of aryl methyl sites for hydroxylation is 1. The summed E-state index contributed by atoms with van der Waals surface area (Å²) in [6.45, 7) is 2.12. The molecular formula is C14H17N3O. The molecule has 0 atom stereocenters. The zero-order valence-electron chi connectivity index (χ0n) is 10.9. The van der Waals surface area contributed by atoms with Gasteiger partial charge < -0.3 is 10.1 Å². The van der Waals surface area contributed by atoms with Crippen molar-refractivity contribution in [1.29, 1.82) is 0 Å². The van der Waals surface area contributed by atoms with Crippen molar-refractivity contribution in [3.05, 3.63) is 36.2 Å². The molecule has 94 valence electrons. The molecule has 0 aliphatic rings. The second-order valence-corrected chi connectivity index (χ2v) is 3.93. The molecular weight excluding hydrogens is 226 g/mol. The number of hydrogen-bond acceptors (Lipinski definition) is 4. The average Bonchev–Trinajstić information content (AvgIpc) is 2.46. The first-order valence-corrected chi connectivity index (χ1v) is 5.95. The largest absolute Gasteiger partial charge is 0.496 e. The van der Waals surface area contributed by atoms with E-state index in [2.05, 4.69) is 34.3 Å². The van der Waals surface area contributed by atoms with Crippen LogP contribution in [0.4, 0.5) is 5.69 Å². The minimum absolute atomic E-state index is 0.682. The minimum Gasteiger partial charge on any atom is -0.496 e. The van der Waals surface area contributed by atoms with Gasteiger partial charge in [-0.15, -0.1) is 0 Å². The Kier molecular flexibility index (Phi) is 3.77. The third-order valence-electron chi connectivity index (χ3n) is 2.85. The highest BCUT2D eigenvalue weighted by Gasteiger charge is 2.09. The van der Waals surface area contributed by atoms with Gasteiger partial charge in [-0.2, -0.15) is 0 Å². The quantitative estimate of drug-likeness (QED) is 0.897. The van der Waals surface area contributed by atoms with E-state index in [0.717, 1.165) is 23.4 Å². The van der Waals surface area contributed by atoms with Crippen LogP contribution in [0.5, 0.6) is 5.75 Å². The van der Waals surface area contributed by atoms with Crippen molar-refractivity contribution >= 4 is 5.69 Å². The van der Waals surface area contributed by atoms with Crippen molar-refractivity contribution < 1.29 is 4.74 Å². The standard InChI is InChI=1S/C14H17N3O/c1-4-10-5-6-13(18-3)12(7-10)14-16-8-11(15-2)9-17-14/h5-9,15H,4H2,1-3H3. The van der Waals surface area contributed by atoms with Crippen LogP contribution in [0.1, 0.15) is 12.5 Å². The molecule has 0 saturated heterocycles. The van der Waals surface area contributed by atoms with Crippen molar-refractivity contribution in [1.82, 2.24) is 9.97 Å². The van der Waals surface area contributed by atoms with Crippen LogP contribution in [0.25, 0.3) is 11.4 Å². The number of anilines is 1. The molecule has 0 aliphatic heterocycles. The Balaban J connectivity index is 2.46. The van der Waals surface area contributed by atoms with Crippen LogP contribution in [-0.2, 0) is 6.42 Å². The average molecular weight is 243 g/mol. The van der Waals surface area contributed by atoms with Crippen LogP contribution in [-0.4, -0.2) is 24.1 Å². The van der Waals surface area contributed by atoms with E-state index in [1.54, 1.807) is 19.5 Å². The lowest BCUT2D eigenvalue weighted by Gasteiger charge is -2.09. The van der Waals surface area contributed by atoms with Gasteiger partial charge in [-0.05, 0) is 24.1 Å². The van der Waals surface area contributed by atoms with E-state index in [-0.39, 0.29) is 0 Å². The van der Waals surface area contributed by atoms with Gasteiger partial charge in [0.15, 0.2) is 5.82 Å². The molecule has 1 aromatic carbocycles. The second kappa shape index (κ2) is 5.49. The fraction of sp³-hybridized carbons (Fsp3) is 0.286. The number of methoxy groups -OCH3 is 1. The van der Waals surface area contributed by atoms with Gasteiger partial charge in [0.25, 0.3) is 0 Å². The van der Waals surface area contributed by atoms with Gasteiger partial charge in [-0.25, -0.2) is 9.97 Å². The highest BCUT2D eigenvalue weighted by atomic mass is 16.5. The number of nitrogens with one attached hydrogen (secondary N) is 1. The van der Waals surface area contributed by atoms with Crippen LogP contribution >= 0.6 is 0 Å². The summed E-state index contributed by atoms with van der Waals surface area (Å²) < 4.78 is 5.36. The summed E-state index contributed by atoms with van der Waals surface area (Å²) in [5.74, 6) is 1.48. The normalized spacial score (nSPS) is 10.2. The molecule has 0 unspecified atom stereocenters. The molecule has 0 saturated carbocycles. The summed E-state index contributed by atoms with van der Waals surface area (Å²) in [6, 6.07) is 6.10. The Morgan fingerprint density at radius 2 is 1.94 bits per heavy atom. The van der Waals surface area contributed by atoms with Gasteiger partial charge >= 0.3 is 0 Å². The molecule has 0 aliphatic carbocycles. The zero-order valence-corrected chi connectivity index (χ0v) is 10.9. The number of rotatable bonds is 4. The van der Waals surface area contributed by atoms with Gasteiger partial charge in [0.2, 0.25) is 0 Å². The van der Waals surface area contributed by atoms with E-state index in [9.17, 15) is 0 Å². The number of aromatic nitrogens is 2. The van der Waals surface area contributed by atoms with Crippen molar-refractivity contribution in [3.8, 4) is 17.1 Å². The third-order valence-corrected chi connectivity index (χ3v) is 2.85. The Hall–Kier alpha value is -2.10. The lowest BCUT2D eigenvalue weighted by Crippen LogP contribution is -1.96. The van der Waals surface area contributed by atoms with Gasteiger partial charge in [0, 0.05) is 7.05 Å². The zero-order chi connectivity index (χ0) is 13.0. The molecule has 0 amide bonds. The predicted molar refractivity (Wildman–Crippen MR) is 72.9 cm³/mol. The summed E-state index contributed by atoms with van der Waals surface area (Å²) in [6.07, 6.45) is 4.51. The van der Waals surface area contributed by atoms with Crippen LogP contribution in [0.3, 0.4) is 0 Å². The SMILES string of the molecule is CCc1ccc(OC)c(-c2ncc(NC)cn2)c1. The van der Waals surface area contributed by atoms with Gasteiger partial charge in [-0.3, -0.25) is 0 Å². The second-order valence-electron chi connectivity index (χ2n) is 3.93. The number of benzene rings is 1. The van der Waals surface area contributed by atoms with Crippen LogP contribution < -0.4 is 10.1 Å². The topological polar surface area (TPSA) is 47.0 Å². The van der Waals surface area contributed by atoms with E-state index in [4.69, 9.17) is 4.74 Å². The number of hydrogen-bond donors (Lipinski definition) is 1. The van der Waals surface area contributed by atoms with E-state index >= 15 is 0 Å². The van der Waals surface area contributed by atoms with Gasteiger partial charge in [0.1, 0.15) is 5.75 Å². The molecule has 4 heteroatoms. The summed E-state index contributed by atoms with van der Waals surface area (Å²) in [7, 11) is 3.50. The van der Waals surface area contributed by atoms with Crippen LogP contribution in [0.2, 0.25) is 0 Å².